The number of nitrogens with two attached hydrogens (primary N) is 1. The van der Waals surface area contributed by atoms with Crippen molar-refractivity contribution >= 4 is 51.8 Å². The maximum Gasteiger partial charge on any atom is 0.321 e. The van der Waals surface area contributed by atoms with E-state index in [0.717, 1.165) is 17.1 Å². The van der Waals surface area contributed by atoms with E-state index in [-0.39, 0.29) is 11.6 Å². The fourth-order valence-electron chi connectivity index (χ4n) is 1.62. The van der Waals surface area contributed by atoms with Crippen molar-refractivity contribution in [2.45, 2.75) is 10.8 Å². The fourth-order valence-corrected chi connectivity index (χ4v) is 3.66. The van der Waals surface area contributed by atoms with Gasteiger partial charge in [-0.05, 0) is 29.2 Å². The van der Waals surface area contributed by atoms with E-state index in [1.807, 2.05) is 12.1 Å². The van der Waals surface area contributed by atoms with Gasteiger partial charge in [0.1, 0.15) is 15.6 Å². The molecule has 2 aromatic rings. The summed E-state index contributed by atoms with van der Waals surface area (Å²) in [6, 6.07) is 7.07. The molecule has 1 aromatic carbocycles. The molecule has 0 spiro atoms. The summed E-state index contributed by atoms with van der Waals surface area (Å²) < 4.78 is 4.23. The van der Waals surface area contributed by atoms with Crippen LogP contribution in [-0.2, 0) is 5.75 Å². The van der Waals surface area contributed by atoms with Crippen LogP contribution in [0.25, 0.3) is 0 Å². The minimum absolute atomic E-state index is 0.240. The van der Waals surface area contributed by atoms with Gasteiger partial charge in [-0.2, -0.15) is 4.37 Å². The molecule has 122 valence electrons. The summed E-state index contributed by atoms with van der Waals surface area (Å²) in [4.78, 5) is 24.8. The van der Waals surface area contributed by atoms with Gasteiger partial charge in [0.25, 0.3) is 5.91 Å². The third kappa shape index (κ3) is 4.60. The Labute approximate surface area is 147 Å². The highest BCUT2D eigenvalue weighted by Gasteiger charge is 2.21. The van der Waals surface area contributed by atoms with Crippen LogP contribution in [0.2, 0.25) is 5.02 Å². The number of nitrogens with zero attached hydrogens (tertiary/aromatic N) is 2. The second-order valence-corrected chi connectivity index (χ2v) is 6.97. The number of benzene rings is 1. The topological polar surface area (TPSA) is 88.3 Å². The smallest absolute Gasteiger partial charge is 0.321 e. The van der Waals surface area contributed by atoms with Crippen LogP contribution in [-0.4, -0.2) is 35.3 Å². The lowest BCUT2D eigenvalue weighted by molar-refractivity contribution is 0.0998. The molecule has 0 aliphatic heterocycles. The van der Waals surface area contributed by atoms with Gasteiger partial charge in [-0.25, -0.2) is 4.79 Å². The summed E-state index contributed by atoms with van der Waals surface area (Å²) in [5, 5.41) is 4.16. The van der Waals surface area contributed by atoms with Crippen LogP contribution in [0.4, 0.5) is 9.80 Å². The third-order valence-electron chi connectivity index (χ3n) is 2.82. The number of halogens is 1. The van der Waals surface area contributed by atoms with Gasteiger partial charge in [-0.3, -0.25) is 10.1 Å². The monoisotopic (exact) mass is 370 g/mol. The van der Waals surface area contributed by atoms with E-state index in [9.17, 15) is 9.59 Å². The molecular weight excluding hydrogens is 356 g/mol. The Morgan fingerprint density at radius 2 is 2.00 bits per heavy atom. The van der Waals surface area contributed by atoms with Crippen molar-refractivity contribution in [2.75, 3.05) is 19.4 Å². The molecule has 23 heavy (non-hydrogen) atoms. The lowest BCUT2D eigenvalue weighted by atomic mass is 10.2. The zero-order chi connectivity index (χ0) is 17.0. The van der Waals surface area contributed by atoms with Gasteiger partial charge in [0.15, 0.2) is 0 Å². The number of thioether (sulfide) groups is 1. The number of carbonyl (C=O) groups excluding carboxylic acids is 2. The zero-order valence-electron chi connectivity index (χ0n) is 12.5. The molecule has 0 aliphatic carbocycles. The average Bonchev–Trinajstić information content (AvgIpc) is 2.89. The summed E-state index contributed by atoms with van der Waals surface area (Å²) in [6.45, 7) is 0. The first kappa shape index (κ1) is 17.6. The molecule has 3 N–H and O–H groups in total. The number of urea groups is 1. The van der Waals surface area contributed by atoms with Crippen LogP contribution < -0.4 is 11.1 Å². The number of rotatable bonds is 5. The number of nitrogens with one attached hydrogen (secondary N) is 1. The molecule has 3 amide bonds. The first-order chi connectivity index (χ1) is 10.9. The van der Waals surface area contributed by atoms with E-state index < -0.39 is 5.91 Å². The van der Waals surface area contributed by atoms with Crippen LogP contribution >= 0.6 is 34.9 Å². The minimum atomic E-state index is -0.619. The molecule has 1 aromatic heterocycles. The molecule has 1 heterocycles. The van der Waals surface area contributed by atoms with Gasteiger partial charge in [-0.15, -0.1) is 0 Å². The van der Waals surface area contributed by atoms with Crippen molar-refractivity contribution in [1.82, 2.24) is 9.27 Å². The Morgan fingerprint density at radius 1 is 1.35 bits per heavy atom. The molecule has 0 atom stereocenters. The number of hydrogen-bond donors (Lipinski definition) is 2. The lowest BCUT2D eigenvalue weighted by Crippen LogP contribution is -2.28. The Hall–Kier alpha value is -1.77. The van der Waals surface area contributed by atoms with Crippen LogP contribution in [0.15, 0.2) is 29.3 Å². The predicted molar refractivity (Wildman–Crippen MR) is 94.4 cm³/mol. The van der Waals surface area contributed by atoms with Crippen LogP contribution in [0.3, 0.4) is 0 Å². The Bertz CT molecular complexity index is 716. The Balaban J connectivity index is 2.15. The van der Waals surface area contributed by atoms with E-state index >= 15 is 0 Å². The second-order valence-electron chi connectivity index (χ2n) is 4.80. The number of anilines is 1. The molecule has 0 radical (unpaired) electrons. The predicted octanol–water partition coefficient (Wildman–Crippen LogP) is 3.28. The first-order valence-corrected chi connectivity index (χ1v) is 8.67. The first-order valence-electron chi connectivity index (χ1n) is 6.53. The van der Waals surface area contributed by atoms with Gasteiger partial charge < -0.3 is 10.6 Å². The van der Waals surface area contributed by atoms with Crippen LogP contribution in [0.5, 0.6) is 0 Å². The van der Waals surface area contributed by atoms with Gasteiger partial charge in [0.2, 0.25) is 0 Å². The van der Waals surface area contributed by atoms with Gasteiger partial charge in [0.05, 0.1) is 0 Å². The highest BCUT2D eigenvalue weighted by Crippen LogP contribution is 2.33. The minimum Gasteiger partial charge on any atom is -0.365 e. The van der Waals surface area contributed by atoms with Crippen molar-refractivity contribution in [3.05, 3.63) is 40.4 Å². The SMILES string of the molecule is CN(C)C(=O)Nc1snc(SCc2ccc(Cl)cc2)c1C(N)=O. The van der Waals surface area contributed by atoms with Gasteiger partial charge in [0, 0.05) is 24.9 Å². The van der Waals surface area contributed by atoms with Crippen molar-refractivity contribution < 1.29 is 9.59 Å². The van der Waals surface area contributed by atoms with Crippen molar-refractivity contribution in [2.24, 2.45) is 5.73 Å². The Kier molecular flexibility index (Phi) is 5.86. The summed E-state index contributed by atoms with van der Waals surface area (Å²) in [6.07, 6.45) is 0. The summed E-state index contributed by atoms with van der Waals surface area (Å²) in [5.74, 6) is -0.00572. The van der Waals surface area contributed by atoms with Crippen molar-refractivity contribution in [3.8, 4) is 0 Å². The molecule has 0 bridgehead atoms. The second kappa shape index (κ2) is 7.67. The number of carbonyl (C=O) groups is 2. The molecular formula is C14H15ClN4O2S2. The van der Waals surface area contributed by atoms with E-state index in [1.165, 1.54) is 16.7 Å². The van der Waals surface area contributed by atoms with Gasteiger partial charge >= 0.3 is 6.03 Å². The summed E-state index contributed by atoms with van der Waals surface area (Å²) in [7, 11) is 3.22. The van der Waals surface area contributed by atoms with Crippen molar-refractivity contribution in [3.63, 3.8) is 0 Å². The van der Waals surface area contributed by atoms with Crippen LogP contribution in [0.1, 0.15) is 15.9 Å². The Morgan fingerprint density at radius 3 is 2.57 bits per heavy atom. The van der Waals surface area contributed by atoms with E-state index in [2.05, 4.69) is 9.69 Å². The lowest BCUT2D eigenvalue weighted by Gasteiger charge is -2.11. The van der Waals surface area contributed by atoms with Crippen molar-refractivity contribution in [1.29, 1.82) is 0 Å². The van der Waals surface area contributed by atoms with E-state index in [1.54, 1.807) is 26.2 Å². The molecule has 9 heteroatoms. The molecule has 6 nitrogen and oxygen atoms in total. The van der Waals surface area contributed by atoms with E-state index in [4.69, 9.17) is 17.3 Å². The maximum absolute atomic E-state index is 11.7. The highest BCUT2D eigenvalue weighted by molar-refractivity contribution is 7.98. The molecule has 0 fully saturated rings. The summed E-state index contributed by atoms with van der Waals surface area (Å²) >= 11 is 8.27. The zero-order valence-corrected chi connectivity index (χ0v) is 14.9. The third-order valence-corrected chi connectivity index (χ3v) is 5.00. The van der Waals surface area contributed by atoms with Gasteiger partial charge in [-0.1, -0.05) is 35.5 Å². The number of primary amides is 1. The van der Waals surface area contributed by atoms with E-state index in [0.29, 0.717) is 20.8 Å². The maximum atomic E-state index is 11.7. The molecule has 0 unspecified atom stereocenters. The largest absolute Gasteiger partial charge is 0.365 e. The average molecular weight is 371 g/mol. The fraction of sp³-hybridized carbons (Fsp3) is 0.214. The molecule has 0 saturated carbocycles. The number of aromatic nitrogens is 1. The quantitative estimate of drug-likeness (QED) is 0.790. The molecule has 0 aliphatic rings. The standard InChI is InChI=1S/C14H15ClN4O2S2/c1-19(2)14(21)17-12-10(11(16)20)13(18-23-12)22-7-8-3-5-9(15)6-4-8/h3-6H,7H2,1-2H3,(H2,16,20)(H,17,21). The van der Waals surface area contributed by atoms with Crippen LogP contribution in [0, 0.1) is 0 Å². The number of hydrogen-bond acceptors (Lipinski definition) is 5. The molecule has 0 saturated heterocycles. The highest BCUT2D eigenvalue weighted by atomic mass is 35.5. The summed E-state index contributed by atoms with van der Waals surface area (Å²) in [5.41, 5.74) is 6.72. The normalized spacial score (nSPS) is 10.4. The molecule has 2 rings (SSSR count). The number of amides is 3.